The van der Waals surface area contributed by atoms with Crippen molar-refractivity contribution in [2.24, 2.45) is 0 Å². The van der Waals surface area contributed by atoms with Crippen molar-refractivity contribution in [3.8, 4) is 0 Å². The van der Waals surface area contributed by atoms with Crippen LogP contribution in [0, 0.1) is 0 Å². The number of thiophene rings is 1. The van der Waals surface area contributed by atoms with E-state index in [0.29, 0.717) is 0 Å². The van der Waals surface area contributed by atoms with Gasteiger partial charge in [0.15, 0.2) is 0 Å². The van der Waals surface area contributed by atoms with Crippen LogP contribution in [0.1, 0.15) is 0 Å². The van der Waals surface area contributed by atoms with Crippen LogP contribution in [-0.2, 0) is 4.79 Å². The molecule has 2 aliphatic heterocycles. The van der Waals surface area contributed by atoms with Gasteiger partial charge < -0.3 is 5.32 Å². The zero-order valence-electron chi connectivity index (χ0n) is 8.76. The second-order valence-electron chi connectivity index (χ2n) is 3.92. The maximum absolute atomic E-state index is 12.1. The molecule has 0 aliphatic carbocycles. The monoisotopic (exact) mass is 259 g/mol. The van der Waals surface area contributed by atoms with Crippen LogP contribution in [0.15, 0.2) is 16.8 Å². The van der Waals surface area contributed by atoms with E-state index in [4.69, 9.17) is 0 Å². The Morgan fingerprint density at radius 2 is 2.38 bits per heavy atom. The molecule has 0 spiro atoms. The van der Waals surface area contributed by atoms with E-state index in [-0.39, 0.29) is 24.4 Å². The molecule has 1 aromatic rings. The minimum Gasteiger partial charge on any atom is -0.313 e. The van der Waals surface area contributed by atoms with Gasteiger partial charge in [0.1, 0.15) is 6.04 Å². The highest BCUT2D eigenvalue weighted by Crippen LogP contribution is 2.25. The third-order valence-electron chi connectivity index (χ3n) is 3.05. The molecule has 3 heterocycles. The molecule has 0 radical (unpaired) electrons. The number of fused-ring (bicyclic) bond motifs is 1. The summed E-state index contributed by atoms with van der Waals surface area (Å²) in [4.78, 5) is 16.2. The van der Waals surface area contributed by atoms with Crippen LogP contribution >= 0.6 is 23.7 Å². The smallest absolute Gasteiger partial charge is 0.246 e. The Kier molecular flexibility index (Phi) is 3.49. The largest absolute Gasteiger partial charge is 0.313 e. The molecule has 88 valence electrons. The second kappa shape index (κ2) is 4.71. The number of rotatable bonds is 1. The fourth-order valence-corrected chi connectivity index (χ4v) is 2.85. The molecular weight excluding hydrogens is 246 g/mol. The normalized spacial score (nSPS) is 25.4. The molecule has 0 saturated carbocycles. The average molecular weight is 260 g/mol. The predicted octanol–water partition coefficient (Wildman–Crippen LogP) is 0.748. The number of carbonyl (C=O) groups is 1. The Morgan fingerprint density at radius 1 is 1.50 bits per heavy atom. The number of piperazine rings is 1. The lowest BCUT2D eigenvalue weighted by atomic mass is 10.2. The molecule has 1 aromatic heterocycles. The van der Waals surface area contributed by atoms with Crippen molar-refractivity contribution in [2.75, 3.05) is 31.2 Å². The van der Waals surface area contributed by atoms with Gasteiger partial charge >= 0.3 is 0 Å². The molecule has 1 N–H and O–H groups in total. The zero-order chi connectivity index (χ0) is 10.3. The minimum absolute atomic E-state index is 0. The molecule has 0 aromatic carbocycles. The van der Waals surface area contributed by atoms with E-state index < -0.39 is 0 Å². The standard InChI is InChI=1S/C10H13N3OS.ClH/c14-10-9-5-11-2-3-12(9)7-13(10)8-1-4-15-6-8;/h1,4,6,9,11H,2-3,5,7H2;1H. The molecule has 2 aliphatic rings. The number of hydrogen-bond donors (Lipinski definition) is 1. The summed E-state index contributed by atoms with van der Waals surface area (Å²) in [5.74, 6) is 0.237. The highest BCUT2D eigenvalue weighted by atomic mass is 35.5. The Labute approximate surface area is 105 Å². The van der Waals surface area contributed by atoms with Gasteiger partial charge in [0, 0.05) is 25.0 Å². The molecule has 2 fully saturated rings. The summed E-state index contributed by atoms with van der Waals surface area (Å²) >= 11 is 1.63. The zero-order valence-corrected chi connectivity index (χ0v) is 10.4. The highest BCUT2D eigenvalue weighted by molar-refractivity contribution is 7.08. The first-order valence-corrected chi connectivity index (χ1v) is 6.09. The van der Waals surface area contributed by atoms with Crippen molar-refractivity contribution in [1.29, 1.82) is 0 Å². The summed E-state index contributed by atoms with van der Waals surface area (Å²) in [7, 11) is 0. The molecule has 1 atom stereocenters. The molecule has 1 unspecified atom stereocenters. The van der Waals surface area contributed by atoms with E-state index in [1.165, 1.54) is 0 Å². The van der Waals surface area contributed by atoms with Crippen LogP contribution in [0.2, 0.25) is 0 Å². The first-order valence-electron chi connectivity index (χ1n) is 5.14. The van der Waals surface area contributed by atoms with E-state index in [0.717, 1.165) is 32.0 Å². The number of anilines is 1. The lowest BCUT2D eigenvalue weighted by Crippen LogP contribution is -2.50. The second-order valence-corrected chi connectivity index (χ2v) is 4.70. The van der Waals surface area contributed by atoms with E-state index in [1.807, 2.05) is 21.7 Å². The molecule has 4 nitrogen and oxygen atoms in total. The van der Waals surface area contributed by atoms with Gasteiger partial charge in [-0.05, 0) is 11.4 Å². The van der Waals surface area contributed by atoms with Gasteiger partial charge in [0.05, 0.1) is 12.4 Å². The summed E-state index contributed by atoms with van der Waals surface area (Å²) in [6.07, 6.45) is 0. The molecule has 6 heteroatoms. The third kappa shape index (κ3) is 1.84. The quantitative estimate of drug-likeness (QED) is 0.809. The van der Waals surface area contributed by atoms with Gasteiger partial charge in [-0.2, -0.15) is 11.3 Å². The fraction of sp³-hybridized carbons (Fsp3) is 0.500. The predicted molar refractivity (Wildman–Crippen MR) is 67.3 cm³/mol. The van der Waals surface area contributed by atoms with Gasteiger partial charge in [0.25, 0.3) is 0 Å². The maximum Gasteiger partial charge on any atom is 0.246 e. The van der Waals surface area contributed by atoms with Crippen molar-refractivity contribution in [3.05, 3.63) is 16.8 Å². The van der Waals surface area contributed by atoms with Gasteiger partial charge in [-0.3, -0.25) is 14.6 Å². The van der Waals surface area contributed by atoms with Crippen LogP contribution in [0.25, 0.3) is 0 Å². The topological polar surface area (TPSA) is 35.6 Å². The molecule has 3 rings (SSSR count). The van der Waals surface area contributed by atoms with E-state index in [9.17, 15) is 4.79 Å². The summed E-state index contributed by atoms with van der Waals surface area (Å²) in [5, 5.41) is 7.31. The van der Waals surface area contributed by atoms with Crippen LogP contribution in [0.4, 0.5) is 5.69 Å². The van der Waals surface area contributed by atoms with Crippen molar-refractivity contribution in [1.82, 2.24) is 10.2 Å². The van der Waals surface area contributed by atoms with Crippen LogP contribution < -0.4 is 10.2 Å². The lowest BCUT2D eigenvalue weighted by molar-refractivity contribution is -0.119. The minimum atomic E-state index is 0. The summed E-state index contributed by atoms with van der Waals surface area (Å²) in [6, 6.07) is 2.06. The molecule has 2 saturated heterocycles. The first-order chi connectivity index (χ1) is 7.36. The highest BCUT2D eigenvalue weighted by Gasteiger charge is 2.40. The van der Waals surface area contributed by atoms with Crippen LogP contribution in [0.3, 0.4) is 0 Å². The summed E-state index contributed by atoms with van der Waals surface area (Å²) in [6.45, 7) is 3.50. The van der Waals surface area contributed by atoms with Gasteiger partial charge in [-0.1, -0.05) is 0 Å². The summed E-state index contributed by atoms with van der Waals surface area (Å²) in [5.41, 5.74) is 1.04. The number of nitrogens with one attached hydrogen (secondary N) is 1. The van der Waals surface area contributed by atoms with Crippen molar-refractivity contribution < 1.29 is 4.79 Å². The molecule has 1 amide bonds. The Morgan fingerprint density at radius 3 is 3.06 bits per heavy atom. The van der Waals surface area contributed by atoms with Crippen molar-refractivity contribution in [2.45, 2.75) is 6.04 Å². The maximum atomic E-state index is 12.1. The summed E-state index contributed by atoms with van der Waals surface area (Å²) < 4.78 is 0. The van der Waals surface area contributed by atoms with Crippen molar-refractivity contribution in [3.63, 3.8) is 0 Å². The van der Waals surface area contributed by atoms with Gasteiger partial charge in [0.2, 0.25) is 5.91 Å². The van der Waals surface area contributed by atoms with E-state index in [1.54, 1.807) is 11.3 Å². The first kappa shape index (κ1) is 11.9. The van der Waals surface area contributed by atoms with Gasteiger partial charge in [-0.25, -0.2) is 0 Å². The Balaban J connectivity index is 0.000000963. The fourth-order valence-electron chi connectivity index (χ4n) is 2.21. The van der Waals surface area contributed by atoms with Crippen molar-refractivity contribution >= 4 is 35.3 Å². The van der Waals surface area contributed by atoms with Crippen LogP contribution in [0.5, 0.6) is 0 Å². The number of carbonyl (C=O) groups excluding carboxylic acids is 1. The average Bonchev–Trinajstić information content (AvgIpc) is 2.87. The number of hydrogen-bond acceptors (Lipinski definition) is 4. The molecule has 0 bridgehead atoms. The SMILES string of the molecule is Cl.O=C1C2CNCCN2CN1c1ccsc1. The number of amides is 1. The number of nitrogens with zero attached hydrogens (tertiary/aromatic N) is 2. The Bertz CT molecular complexity index is 370. The van der Waals surface area contributed by atoms with Gasteiger partial charge in [-0.15, -0.1) is 12.4 Å². The van der Waals surface area contributed by atoms with E-state index >= 15 is 0 Å². The van der Waals surface area contributed by atoms with Crippen LogP contribution in [-0.4, -0.2) is 43.2 Å². The molecule has 16 heavy (non-hydrogen) atoms. The number of halogens is 1. The lowest BCUT2D eigenvalue weighted by Gasteiger charge is -2.26. The van der Waals surface area contributed by atoms with E-state index in [2.05, 4.69) is 10.2 Å². The Hall–Kier alpha value is -0.620. The third-order valence-corrected chi connectivity index (χ3v) is 3.72. The molecular formula is C10H14ClN3OS.